The fourth-order valence-corrected chi connectivity index (χ4v) is 4.15. The van der Waals surface area contributed by atoms with Gasteiger partial charge in [0.1, 0.15) is 6.04 Å². The third-order valence-corrected chi connectivity index (χ3v) is 5.93. The second-order valence-corrected chi connectivity index (χ2v) is 7.63. The second-order valence-electron chi connectivity index (χ2n) is 7.63. The lowest BCUT2D eigenvalue weighted by Gasteiger charge is -2.32. The SMILES string of the molecule is O=C(c1nnc(C2CCC2)o1)N1CCc2[nH]cnc2[C@@H]1c1cc2ccccn2n1. The van der Waals surface area contributed by atoms with E-state index in [0.29, 0.717) is 18.9 Å². The van der Waals surface area contributed by atoms with Crippen LogP contribution in [0.3, 0.4) is 0 Å². The molecular weight excluding hydrogens is 370 g/mol. The van der Waals surface area contributed by atoms with Gasteiger partial charge >= 0.3 is 11.8 Å². The van der Waals surface area contributed by atoms with Gasteiger partial charge in [-0.05, 0) is 31.0 Å². The van der Waals surface area contributed by atoms with Gasteiger partial charge in [0, 0.05) is 30.8 Å². The normalized spacial score (nSPS) is 19.3. The lowest BCUT2D eigenvalue weighted by atomic mass is 9.85. The lowest BCUT2D eigenvalue weighted by Crippen LogP contribution is -2.41. The van der Waals surface area contributed by atoms with Gasteiger partial charge in [-0.3, -0.25) is 4.79 Å². The van der Waals surface area contributed by atoms with Crippen LogP contribution in [0.5, 0.6) is 0 Å². The minimum absolute atomic E-state index is 0.0413. The van der Waals surface area contributed by atoms with Crippen molar-refractivity contribution in [2.75, 3.05) is 6.54 Å². The summed E-state index contributed by atoms with van der Waals surface area (Å²) in [6, 6.07) is 7.46. The van der Waals surface area contributed by atoms with E-state index in [0.717, 1.165) is 35.4 Å². The minimum atomic E-state index is -0.406. The van der Waals surface area contributed by atoms with Gasteiger partial charge in [-0.1, -0.05) is 12.5 Å². The smallest absolute Gasteiger partial charge is 0.312 e. The topological polar surface area (TPSA) is 105 Å². The summed E-state index contributed by atoms with van der Waals surface area (Å²) in [5.41, 5.74) is 3.56. The number of H-pyrrole nitrogens is 1. The van der Waals surface area contributed by atoms with E-state index in [1.807, 2.05) is 30.5 Å². The molecule has 29 heavy (non-hydrogen) atoms. The van der Waals surface area contributed by atoms with Crippen LogP contribution >= 0.6 is 0 Å². The van der Waals surface area contributed by atoms with Crippen molar-refractivity contribution in [2.24, 2.45) is 0 Å². The maximum absolute atomic E-state index is 13.3. The van der Waals surface area contributed by atoms with Crippen LogP contribution in [0.1, 0.15) is 64.9 Å². The molecule has 6 rings (SSSR count). The molecule has 0 bridgehead atoms. The number of hydrogen-bond donors (Lipinski definition) is 1. The van der Waals surface area contributed by atoms with Gasteiger partial charge in [0.15, 0.2) is 0 Å². The number of nitrogens with one attached hydrogen (secondary N) is 1. The van der Waals surface area contributed by atoms with Crippen LogP contribution in [0.4, 0.5) is 0 Å². The van der Waals surface area contributed by atoms with E-state index in [1.165, 1.54) is 6.42 Å². The predicted octanol–water partition coefficient (Wildman–Crippen LogP) is 2.50. The zero-order chi connectivity index (χ0) is 19.4. The number of pyridine rings is 1. The van der Waals surface area contributed by atoms with Crippen molar-refractivity contribution in [1.82, 2.24) is 34.7 Å². The lowest BCUT2D eigenvalue weighted by molar-refractivity contribution is 0.0642. The molecule has 146 valence electrons. The van der Waals surface area contributed by atoms with Crippen molar-refractivity contribution in [3.63, 3.8) is 0 Å². The first-order chi connectivity index (χ1) is 14.3. The van der Waals surface area contributed by atoms with E-state index in [1.54, 1.807) is 15.7 Å². The van der Waals surface area contributed by atoms with Crippen molar-refractivity contribution in [1.29, 1.82) is 0 Å². The molecule has 5 heterocycles. The monoisotopic (exact) mass is 389 g/mol. The Morgan fingerprint density at radius 1 is 1.24 bits per heavy atom. The number of aromatic nitrogens is 6. The van der Waals surface area contributed by atoms with Crippen molar-refractivity contribution in [3.8, 4) is 0 Å². The number of aromatic amines is 1. The number of carbonyl (C=O) groups excluding carboxylic acids is 1. The summed E-state index contributed by atoms with van der Waals surface area (Å²) in [6.07, 6.45) is 7.50. The summed E-state index contributed by atoms with van der Waals surface area (Å²) in [4.78, 5) is 22.8. The van der Waals surface area contributed by atoms with E-state index in [2.05, 4.69) is 20.2 Å². The molecular formula is C20H19N7O2. The summed E-state index contributed by atoms with van der Waals surface area (Å²) >= 11 is 0. The Hall–Kier alpha value is -3.49. The fraction of sp³-hybridized carbons (Fsp3) is 0.350. The maximum atomic E-state index is 13.3. The quantitative estimate of drug-likeness (QED) is 0.577. The standard InChI is InChI=1S/C20H19N7O2/c28-20(19-24-23-18(29-19)12-4-3-5-12)26-9-7-14-16(22-11-21-14)17(26)15-10-13-6-1-2-8-27(13)25-15/h1-2,6,8,10-12,17H,3-5,7,9H2,(H,21,22)/t17-/m0/s1. The molecule has 0 spiro atoms. The molecule has 1 aliphatic heterocycles. The van der Waals surface area contributed by atoms with Crippen molar-refractivity contribution >= 4 is 11.4 Å². The molecule has 4 aromatic heterocycles. The van der Waals surface area contributed by atoms with Crippen molar-refractivity contribution in [2.45, 2.75) is 37.6 Å². The van der Waals surface area contributed by atoms with E-state index in [9.17, 15) is 4.79 Å². The van der Waals surface area contributed by atoms with Crippen molar-refractivity contribution < 1.29 is 9.21 Å². The molecule has 0 unspecified atom stereocenters. The first-order valence-corrected chi connectivity index (χ1v) is 9.89. The Balaban J connectivity index is 1.40. The van der Waals surface area contributed by atoms with Gasteiger partial charge in [0.2, 0.25) is 5.89 Å². The molecule has 1 saturated carbocycles. The number of carbonyl (C=O) groups is 1. The molecule has 2 aliphatic rings. The van der Waals surface area contributed by atoms with Crippen LogP contribution in [0.15, 0.2) is 41.2 Å². The first-order valence-electron chi connectivity index (χ1n) is 9.89. The molecule has 0 saturated heterocycles. The summed E-state index contributed by atoms with van der Waals surface area (Å²) in [5.74, 6) is 0.623. The Morgan fingerprint density at radius 2 is 2.17 bits per heavy atom. The molecule has 9 nitrogen and oxygen atoms in total. The highest BCUT2D eigenvalue weighted by molar-refractivity contribution is 5.90. The molecule has 1 fully saturated rings. The largest absolute Gasteiger partial charge is 0.417 e. The first kappa shape index (κ1) is 16.5. The predicted molar refractivity (Wildman–Crippen MR) is 101 cm³/mol. The summed E-state index contributed by atoms with van der Waals surface area (Å²) in [7, 11) is 0. The Bertz CT molecular complexity index is 1170. The molecule has 0 aromatic carbocycles. The molecule has 9 heteroatoms. The van der Waals surface area contributed by atoms with Crippen LogP contribution in [0, 0.1) is 0 Å². The molecule has 4 aromatic rings. The van der Waals surface area contributed by atoms with E-state index >= 15 is 0 Å². The summed E-state index contributed by atoms with van der Waals surface area (Å²) in [6.45, 7) is 0.522. The van der Waals surface area contributed by atoms with Crippen LogP contribution in [0.25, 0.3) is 5.52 Å². The summed E-state index contributed by atoms with van der Waals surface area (Å²) < 4.78 is 7.55. The van der Waals surface area contributed by atoms with Gasteiger partial charge in [0.05, 0.1) is 23.2 Å². The second kappa shape index (κ2) is 6.26. The Kier molecular flexibility index (Phi) is 3.56. The van der Waals surface area contributed by atoms with Crippen LogP contribution in [-0.4, -0.2) is 47.1 Å². The zero-order valence-electron chi connectivity index (χ0n) is 15.7. The highest BCUT2D eigenvalue weighted by Crippen LogP contribution is 2.37. The number of fused-ring (bicyclic) bond motifs is 2. The highest BCUT2D eigenvalue weighted by Gasteiger charge is 2.38. The highest BCUT2D eigenvalue weighted by atomic mass is 16.4. The van der Waals surface area contributed by atoms with Crippen LogP contribution in [-0.2, 0) is 6.42 Å². The Labute approximate surface area is 165 Å². The molecule has 1 atom stereocenters. The van der Waals surface area contributed by atoms with E-state index in [4.69, 9.17) is 9.52 Å². The number of hydrogen-bond acceptors (Lipinski definition) is 6. The molecule has 1 amide bonds. The Morgan fingerprint density at radius 3 is 3.00 bits per heavy atom. The minimum Gasteiger partial charge on any atom is -0.417 e. The fourth-order valence-electron chi connectivity index (χ4n) is 4.15. The molecule has 1 aliphatic carbocycles. The van der Waals surface area contributed by atoms with E-state index in [-0.39, 0.29) is 17.7 Å². The van der Waals surface area contributed by atoms with Gasteiger partial charge < -0.3 is 14.3 Å². The molecule has 1 N–H and O–H groups in total. The zero-order valence-corrected chi connectivity index (χ0v) is 15.7. The third-order valence-electron chi connectivity index (χ3n) is 5.93. The number of imidazole rings is 1. The average molecular weight is 389 g/mol. The van der Waals surface area contributed by atoms with Gasteiger partial charge in [-0.25, -0.2) is 9.50 Å². The van der Waals surface area contributed by atoms with Crippen LogP contribution < -0.4 is 0 Å². The summed E-state index contributed by atoms with van der Waals surface area (Å²) in [5, 5.41) is 12.9. The van der Waals surface area contributed by atoms with Crippen LogP contribution in [0.2, 0.25) is 0 Å². The third kappa shape index (κ3) is 2.57. The average Bonchev–Trinajstić information content (AvgIpc) is 3.43. The van der Waals surface area contributed by atoms with Crippen molar-refractivity contribution in [3.05, 3.63) is 65.7 Å². The van der Waals surface area contributed by atoms with Gasteiger partial charge in [-0.2, -0.15) is 5.10 Å². The number of amides is 1. The maximum Gasteiger partial charge on any atom is 0.312 e. The van der Waals surface area contributed by atoms with E-state index < -0.39 is 6.04 Å². The number of rotatable bonds is 3. The van der Waals surface area contributed by atoms with Gasteiger partial charge in [-0.15, -0.1) is 10.2 Å². The molecule has 0 radical (unpaired) electrons. The van der Waals surface area contributed by atoms with Gasteiger partial charge in [0.25, 0.3) is 0 Å². The number of nitrogens with zero attached hydrogens (tertiary/aromatic N) is 6.